The van der Waals surface area contributed by atoms with E-state index in [1.54, 1.807) is 0 Å². The molecule has 18 heteroatoms. The van der Waals surface area contributed by atoms with E-state index < -0.39 is 111 Å². The average Bonchev–Trinajstić information content (AvgIpc) is 3.86. The summed E-state index contributed by atoms with van der Waals surface area (Å²) in [6.45, 7) is 14.8. The summed E-state index contributed by atoms with van der Waals surface area (Å²) in [7, 11) is 0. The Balaban J connectivity index is 0.943. The summed E-state index contributed by atoms with van der Waals surface area (Å²) >= 11 is 0. The second kappa shape index (κ2) is 24.1. The second-order valence-corrected chi connectivity index (χ2v) is 25.7. The van der Waals surface area contributed by atoms with Crippen molar-refractivity contribution in [3.8, 4) is 0 Å². The SMILES string of the molecule is CCCCCCCCCCCC(=O)O[C@H]1C[C@@H]2[C@H](CC[C@]3(C)[C@@H]4[C@H](C[C@@H]23)O[C@]2(CC[C@@H](C)CO2)[C@H]4C)[C@@]2(C)CC[C@H](O[C@@H]3O[C@H](CO)[C@@H](O[C@@H]4O[C@@H](C)[C@H](O)[C@@H](O)[C@H]4O)[C@H](O)[C@H]3O[C@@H]3O[C@@H](C)[C@H](O)[C@@H](O)[C@H]3O)C[C@H]12. The van der Waals surface area contributed by atoms with Gasteiger partial charge in [-0.1, -0.05) is 86.0 Å². The lowest BCUT2D eigenvalue weighted by molar-refractivity contribution is -0.389. The smallest absolute Gasteiger partial charge is 0.306 e. The molecule has 9 fully saturated rings. The predicted molar refractivity (Wildman–Crippen MR) is 270 cm³/mol. The second-order valence-electron chi connectivity index (χ2n) is 25.7. The van der Waals surface area contributed by atoms with E-state index in [1.165, 1.54) is 52.4 Å². The number of ether oxygens (including phenoxy) is 9. The Labute approximate surface area is 445 Å². The summed E-state index contributed by atoms with van der Waals surface area (Å²) in [4.78, 5) is 14.1. The van der Waals surface area contributed by atoms with Crippen LogP contribution in [0.15, 0.2) is 0 Å². The molecule has 432 valence electrons. The Morgan fingerprint density at radius 3 is 1.83 bits per heavy atom. The molecule has 9 rings (SSSR count). The summed E-state index contributed by atoms with van der Waals surface area (Å²) in [5.41, 5.74) is -0.156. The molecule has 0 bridgehead atoms. The minimum absolute atomic E-state index is 0.0524. The van der Waals surface area contributed by atoms with Crippen molar-refractivity contribution >= 4 is 5.97 Å². The van der Waals surface area contributed by atoms with Crippen LogP contribution in [0.4, 0.5) is 0 Å². The maximum Gasteiger partial charge on any atom is 0.306 e. The van der Waals surface area contributed by atoms with E-state index in [0.29, 0.717) is 48.9 Å². The Morgan fingerprint density at radius 2 is 1.21 bits per heavy atom. The summed E-state index contributed by atoms with van der Waals surface area (Å²) in [5.74, 6) is 1.51. The van der Waals surface area contributed by atoms with Crippen LogP contribution >= 0.6 is 0 Å². The summed E-state index contributed by atoms with van der Waals surface area (Å²) < 4.78 is 57.7. The van der Waals surface area contributed by atoms with Gasteiger partial charge in [0.15, 0.2) is 24.7 Å². The first-order valence-corrected chi connectivity index (χ1v) is 29.6. The van der Waals surface area contributed by atoms with Gasteiger partial charge in [-0.05, 0) is 112 Å². The summed E-state index contributed by atoms with van der Waals surface area (Å²) in [6.07, 6.45) is -4.55. The van der Waals surface area contributed by atoms with Crippen LogP contribution < -0.4 is 0 Å². The van der Waals surface area contributed by atoms with Crippen molar-refractivity contribution in [3.63, 3.8) is 0 Å². The van der Waals surface area contributed by atoms with Crippen molar-refractivity contribution < 1.29 is 88.3 Å². The molecule has 75 heavy (non-hydrogen) atoms. The molecule has 0 aromatic rings. The van der Waals surface area contributed by atoms with Crippen molar-refractivity contribution in [2.75, 3.05) is 13.2 Å². The summed E-state index contributed by atoms with van der Waals surface area (Å²) in [5, 5.41) is 87.3. The molecule has 5 saturated heterocycles. The van der Waals surface area contributed by atoms with Crippen LogP contribution in [0, 0.1) is 52.3 Å². The van der Waals surface area contributed by atoms with Crippen molar-refractivity contribution in [1.29, 1.82) is 0 Å². The maximum absolute atomic E-state index is 14.1. The van der Waals surface area contributed by atoms with Crippen LogP contribution in [0.1, 0.15) is 170 Å². The van der Waals surface area contributed by atoms with Crippen molar-refractivity contribution in [2.45, 2.75) is 287 Å². The first-order valence-electron chi connectivity index (χ1n) is 29.6. The van der Waals surface area contributed by atoms with Crippen LogP contribution in [0.5, 0.6) is 0 Å². The highest BCUT2D eigenvalue weighted by Gasteiger charge is 2.70. The number of aliphatic hydroxyl groups excluding tert-OH is 8. The Kier molecular flexibility index (Phi) is 18.8. The highest BCUT2D eigenvalue weighted by Crippen LogP contribution is 2.72. The lowest BCUT2D eigenvalue weighted by Crippen LogP contribution is -2.66. The monoisotopic (exact) mass is 1070 g/mol. The fourth-order valence-electron chi connectivity index (χ4n) is 16.5. The minimum atomic E-state index is -1.76. The topological polar surface area (TPSA) is 262 Å². The van der Waals surface area contributed by atoms with Gasteiger partial charge in [0, 0.05) is 24.7 Å². The Morgan fingerprint density at radius 1 is 0.600 bits per heavy atom. The first kappa shape index (κ1) is 58.5. The van der Waals surface area contributed by atoms with E-state index in [9.17, 15) is 45.6 Å². The fourth-order valence-corrected chi connectivity index (χ4v) is 16.5. The van der Waals surface area contributed by atoms with Gasteiger partial charge < -0.3 is 83.5 Å². The normalized spacial score (nSPS) is 51.7. The molecule has 28 atom stereocenters. The number of hydrogen-bond donors (Lipinski definition) is 8. The zero-order valence-electron chi connectivity index (χ0n) is 45.9. The highest BCUT2D eigenvalue weighted by molar-refractivity contribution is 5.69. The van der Waals surface area contributed by atoms with E-state index in [1.807, 2.05) is 0 Å². The number of rotatable bonds is 18. The maximum atomic E-state index is 14.1. The van der Waals surface area contributed by atoms with Crippen LogP contribution in [-0.2, 0) is 47.4 Å². The van der Waals surface area contributed by atoms with Crippen LogP contribution in [0.3, 0.4) is 0 Å². The van der Waals surface area contributed by atoms with E-state index in [-0.39, 0.29) is 40.8 Å². The van der Waals surface area contributed by atoms with Crippen molar-refractivity contribution in [1.82, 2.24) is 0 Å². The van der Waals surface area contributed by atoms with Gasteiger partial charge in [0.05, 0.1) is 37.6 Å². The van der Waals surface area contributed by atoms with Gasteiger partial charge in [0.1, 0.15) is 67.1 Å². The number of carbonyl (C=O) groups is 1. The van der Waals surface area contributed by atoms with Gasteiger partial charge in [-0.25, -0.2) is 0 Å². The number of esters is 1. The molecule has 0 aromatic carbocycles. The molecule has 4 aliphatic carbocycles. The number of unbranched alkanes of at least 4 members (excludes halogenated alkanes) is 8. The molecule has 5 heterocycles. The predicted octanol–water partition coefficient (Wildman–Crippen LogP) is 4.76. The quantitative estimate of drug-likeness (QED) is 0.0523. The Hall–Kier alpha value is -1.17. The first-order chi connectivity index (χ1) is 35.7. The molecule has 0 radical (unpaired) electrons. The molecule has 0 amide bonds. The van der Waals surface area contributed by atoms with Crippen LogP contribution in [-0.4, -0.2) is 176 Å². The lowest BCUT2D eigenvalue weighted by Gasteiger charge is -2.63. The third kappa shape index (κ3) is 11.4. The van der Waals surface area contributed by atoms with Gasteiger partial charge in [-0.15, -0.1) is 0 Å². The fraction of sp³-hybridized carbons (Fsp3) is 0.982. The van der Waals surface area contributed by atoms with Gasteiger partial charge in [-0.2, -0.15) is 0 Å². The van der Waals surface area contributed by atoms with Crippen molar-refractivity contribution in [3.05, 3.63) is 0 Å². The van der Waals surface area contributed by atoms with Gasteiger partial charge in [0.2, 0.25) is 0 Å². The van der Waals surface area contributed by atoms with Gasteiger partial charge >= 0.3 is 5.97 Å². The van der Waals surface area contributed by atoms with E-state index in [0.717, 1.165) is 70.8 Å². The van der Waals surface area contributed by atoms with Gasteiger partial charge in [-0.3, -0.25) is 4.79 Å². The van der Waals surface area contributed by atoms with E-state index in [2.05, 4.69) is 34.6 Å². The minimum Gasteiger partial charge on any atom is -0.462 e. The molecule has 0 aromatic heterocycles. The molecular formula is C57H96O18. The van der Waals surface area contributed by atoms with Crippen LogP contribution in [0.2, 0.25) is 0 Å². The molecular weight excluding hydrogens is 973 g/mol. The number of fused-ring (bicyclic) bond motifs is 7. The highest BCUT2D eigenvalue weighted by atomic mass is 16.8. The molecule has 5 aliphatic heterocycles. The number of aliphatic hydroxyl groups is 8. The molecule has 4 saturated carbocycles. The molecule has 1 spiro atoms. The standard InChI is InChI=1S/C57H96O18/c1-8-9-10-11-12-13-14-15-16-17-41(59)71-38-25-34-35(20-22-56(7)36(34)26-39-42(56)30(3)57(75-39)23-18-29(2)28-67-57)55(6)21-19-33(24-37(38)55)70-54-51(74-53-48(65)46(63)44(61)32(5)69-53)49(66)50(40(27-58)72-54)73-52-47(64)45(62)43(60)31(4)68-52/h29-40,42-54,58,60-66H,8-28H2,1-7H3/t29-,30+,31+,32+,33+,34-,35+,36+,37-,38+,39+,40-,42+,43+,44+,45-,46-,47-,48-,49+,50-,51-,52+,53+,54-,55-,56+,57-/m1/s1. The zero-order valence-corrected chi connectivity index (χ0v) is 45.9. The largest absolute Gasteiger partial charge is 0.462 e. The lowest BCUT2D eigenvalue weighted by atomic mass is 9.43. The number of carbonyl (C=O) groups excluding carboxylic acids is 1. The molecule has 9 aliphatic rings. The third-order valence-corrected chi connectivity index (χ3v) is 21.0. The summed E-state index contributed by atoms with van der Waals surface area (Å²) in [6, 6.07) is 0. The van der Waals surface area contributed by atoms with Crippen LogP contribution in [0.25, 0.3) is 0 Å². The molecule has 0 unspecified atom stereocenters. The van der Waals surface area contributed by atoms with Gasteiger partial charge in [0.25, 0.3) is 0 Å². The van der Waals surface area contributed by atoms with Crippen molar-refractivity contribution in [2.24, 2.45) is 52.3 Å². The third-order valence-electron chi connectivity index (χ3n) is 21.0. The number of hydrogen-bond acceptors (Lipinski definition) is 18. The van der Waals surface area contributed by atoms with E-state index in [4.69, 9.17) is 42.6 Å². The zero-order chi connectivity index (χ0) is 53.7. The molecule has 18 nitrogen and oxygen atoms in total. The average molecular weight is 1070 g/mol. The Bertz CT molecular complexity index is 1850. The molecule has 8 N–H and O–H groups in total. The van der Waals surface area contributed by atoms with E-state index >= 15 is 0 Å².